The Morgan fingerprint density at radius 1 is 0.643 bits per heavy atom. The van der Waals surface area contributed by atoms with Gasteiger partial charge in [0.2, 0.25) is 0 Å². The molecule has 0 heterocycles. The first-order valence-corrected chi connectivity index (χ1v) is 8.99. The van der Waals surface area contributed by atoms with E-state index in [4.69, 9.17) is 0 Å². The predicted octanol–water partition coefficient (Wildman–Crippen LogP) is 7.75. The quantitative estimate of drug-likeness (QED) is 0.111. The first-order chi connectivity index (χ1) is 12.1. The van der Waals surface area contributed by atoms with Crippen LogP contribution in [0.1, 0.15) is 39.5 Å². The molecular weight excluding hydrogens is 542 g/mol. The van der Waals surface area contributed by atoms with Gasteiger partial charge in [-0.05, 0) is 6.42 Å². The highest BCUT2D eigenvalue weighted by Gasteiger charge is 2.91. The van der Waals surface area contributed by atoms with Crippen molar-refractivity contribution >= 4 is 22.6 Å². The van der Waals surface area contributed by atoms with Gasteiger partial charge >= 0.3 is 35.8 Å². The average molecular weight is 558 g/mol. The summed E-state index contributed by atoms with van der Waals surface area (Å²) in [5.41, 5.74) is 0. The molecule has 0 aliphatic carbocycles. The number of rotatable bonds is 10. The van der Waals surface area contributed by atoms with Crippen molar-refractivity contribution in [2.45, 2.75) is 79.2 Å². The van der Waals surface area contributed by atoms with Crippen LogP contribution in [0.5, 0.6) is 0 Å². The first-order valence-electron chi connectivity index (χ1n) is 7.74. The number of alkyl halides is 14. The van der Waals surface area contributed by atoms with E-state index in [-0.39, 0.29) is 12.8 Å². The van der Waals surface area contributed by atoms with Crippen LogP contribution in [0.25, 0.3) is 0 Å². The molecule has 2 atom stereocenters. The van der Waals surface area contributed by atoms with Crippen molar-refractivity contribution in [2.75, 3.05) is 0 Å². The zero-order valence-electron chi connectivity index (χ0n) is 14.3. The van der Waals surface area contributed by atoms with E-state index < -0.39 is 45.6 Å². The van der Waals surface area contributed by atoms with Crippen molar-refractivity contribution in [3.8, 4) is 0 Å². The summed E-state index contributed by atoms with van der Waals surface area (Å²) in [5.74, 6) is -39.2. The third kappa shape index (κ3) is 4.44. The summed E-state index contributed by atoms with van der Waals surface area (Å²) >= 11 is 1.18. The largest absolute Gasteiger partial charge is 0.460 e. The normalized spacial score (nSPS) is 17.6. The second-order valence-electron chi connectivity index (χ2n) is 6.22. The van der Waals surface area contributed by atoms with Crippen LogP contribution in [0.2, 0.25) is 0 Å². The van der Waals surface area contributed by atoms with Gasteiger partial charge in [0.15, 0.2) is 0 Å². The van der Waals surface area contributed by atoms with Crippen molar-refractivity contribution in [1.82, 2.24) is 0 Å². The summed E-state index contributed by atoms with van der Waals surface area (Å²) < 4.78 is 169. The molecule has 0 aromatic rings. The second-order valence-corrected chi connectivity index (χ2v) is 7.82. The van der Waals surface area contributed by atoms with Crippen LogP contribution in [0.3, 0.4) is 0 Å². The molecule has 0 radical (unpaired) electrons. The van der Waals surface area contributed by atoms with Crippen LogP contribution >= 0.6 is 22.6 Å². The van der Waals surface area contributed by atoms with E-state index >= 15 is 0 Å². The molecule has 0 nitrogen and oxygen atoms in total. The Balaban J connectivity index is 6.04. The molecule has 0 spiro atoms. The van der Waals surface area contributed by atoms with Crippen molar-refractivity contribution in [3.05, 3.63) is 0 Å². The van der Waals surface area contributed by atoms with Gasteiger partial charge in [-0.15, -0.1) is 0 Å². The summed E-state index contributed by atoms with van der Waals surface area (Å²) in [6, 6.07) is 0. The highest BCUT2D eigenvalue weighted by molar-refractivity contribution is 14.1. The van der Waals surface area contributed by atoms with Crippen LogP contribution in [-0.4, -0.2) is 39.7 Å². The molecule has 0 saturated heterocycles. The summed E-state index contributed by atoms with van der Waals surface area (Å²) in [7, 11) is 0. The lowest BCUT2D eigenvalue weighted by Crippen LogP contribution is -2.71. The molecule has 0 aromatic carbocycles. The van der Waals surface area contributed by atoms with Gasteiger partial charge in [0, 0.05) is 9.84 Å². The van der Waals surface area contributed by atoms with E-state index in [0.29, 0.717) is 19.8 Å². The fourth-order valence-corrected chi connectivity index (χ4v) is 3.03. The Hall–Kier alpha value is -0.180. The third-order valence-electron chi connectivity index (χ3n) is 4.16. The number of hydrogen-bond acceptors (Lipinski definition) is 0. The molecule has 0 saturated carbocycles. The fraction of sp³-hybridized carbons (Fsp3) is 1.00. The van der Waals surface area contributed by atoms with Crippen LogP contribution in [0, 0.1) is 5.92 Å². The van der Waals surface area contributed by atoms with Crippen LogP contribution < -0.4 is 0 Å². The van der Waals surface area contributed by atoms with Crippen molar-refractivity contribution < 1.29 is 57.1 Å². The Bertz CT molecular complexity index is 512. The lowest BCUT2D eigenvalue weighted by molar-refractivity contribution is -0.442. The summed E-state index contributed by atoms with van der Waals surface area (Å²) in [6.07, 6.45) is -6.40. The van der Waals surface area contributed by atoms with Crippen LogP contribution in [0.15, 0.2) is 0 Å². The maximum atomic E-state index is 14.0. The molecular formula is C14H16F13I. The number of halogens is 14. The van der Waals surface area contributed by atoms with Crippen LogP contribution in [0.4, 0.5) is 57.1 Å². The molecule has 0 fully saturated rings. The Labute approximate surface area is 165 Å². The first kappa shape index (κ1) is 27.8. The molecule has 0 aliphatic heterocycles. The zero-order chi connectivity index (χ0) is 23.0. The smallest absolute Gasteiger partial charge is 0.199 e. The SMILES string of the molecule is CCCCCC(I)C(C)C(F)(F)C(F)(F)C(F)(F)C(F)(F)C(F)(F)C(F)(F)F. The lowest BCUT2D eigenvalue weighted by Gasteiger charge is -2.42. The summed E-state index contributed by atoms with van der Waals surface area (Å²) in [6.45, 7) is 1.99. The van der Waals surface area contributed by atoms with Gasteiger partial charge in [0.1, 0.15) is 0 Å². The number of hydrogen-bond donors (Lipinski definition) is 0. The standard InChI is InChI=1S/C14H16F13I/c1-3-4-5-6-8(28)7(2)9(15,16)10(17,18)11(19,20)12(21,22)13(23,24)14(25,26)27/h7-8H,3-6H2,1-2H3. The molecule has 0 amide bonds. The summed E-state index contributed by atoms with van der Waals surface area (Å²) in [4.78, 5) is 0. The maximum Gasteiger partial charge on any atom is 0.460 e. The summed E-state index contributed by atoms with van der Waals surface area (Å²) in [5, 5.41) is 0. The van der Waals surface area contributed by atoms with Gasteiger partial charge in [0.25, 0.3) is 0 Å². The topological polar surface area (TPSA) is 0 Å². The van der Waals surface area contributed by atoms with Crippen molar-refractivity contribution in [3.63, 3.8) is 0 Å². The Morgan fingerprint density at radius 3 is 1.39 bits per heavy atom. The van der Waals surface area contributed by atoms with Gasteiger partial charge in [0.05, 0.1) is 0 Å². The molecule has 0 N–H and O–H groups in total. The Morgan fingerprint density at radius 2 is 1.04 bits per heavy atom. The number of unbranched alkanes of at least 4 members (excludes halogenated alkanes) is 2. The fourth-order valence-electron chi connectivity index (χ4n) is 2.13. The minimum Gasteiger partial charge on any atom is -0.199 e. The maximum absolute atomic E-state index is 14.0. The Kier molecular flexibility index (Phi) is 8.46. The molecule has 0 rings (SSSR count). The highest BCUT2D eigenvalue weighted by atomic mass is 127. The van der Waals surface area contributed by atoms with Gasteiger partial charge in [-0.2, -0.15) is 57.1 Å². The van der Waals surface area contributed by atoms with Gasteiger partial charge in [-0.3, -0.25) is 0 Å². The lowest BCUT2D eigenvalue weighted by atomic mass is 9.85. The third-order valence-corrected chi connectivity index (χ3v) is 5.86. The zero-order valence-corrected chi connectivity index (χ0v) is 16.4. The van der Waals surface area contributed by atoms with Gasteiger partial charge in [-0.1, -0.05) is 55.7 Å². The second kappa shape index (κ2) is 8.52. The van der Waals surface area contributed by atoms with Gasteiger partial charge in [-0.25, -0.2) is 0 Å². The minimum absolute atomic E-state index is 0.189. The minimum atomic E-state index is -7.84. The monoisotopic (exact) mass is 558 g/mol. The van der Waals surface area contributed by atoms with E-state index in [1.165, 1.54) is 22.6 Å². The highest BCUT2D eigenvalue weighted by Crippen LogP contribution is 2.61. The predicted molar refractivity (Wildman–Crippen MR) is 81.9 cm³/mol. The average Bonchev–Trinajstić information content (AvgIpc) is 2.52. The van der Waals surface area contributed by atoms with Crippen molar-refractivity contribution in [1.29, 1.82) is 0 Å². The molecule has 28 heavy (non-hydrogen) atoms. The molecule has 2 unspecified atom stereocenters. The van der Waals surface area contributed by atoms with E-state index in [2.05, 4.69) is 0 Å². The molecule has 14 heteroatoms. The van der Waals surface area contributed by atoms with Crippen LogP contribution in [-0.2, 0) is 0 Å². The van der Waals surface area contributed by atoms with Crippen molar-refractivity contribution in [2.24, 2.45) is 5.92 Å². The van der Waals surface area contributed by atoms with E-state index in [1.807, 2.05) is 0 Å². The van der Waals surface area contributed by atoms with E-state index in [0.717, 1.165) is 0 Å². The molecule has 0 aromatic heterocycles. The van der Waals surface area contributed by atoms with Gasteiger partial charge < -0.3 is 0 Å². The van der Waals surface area contributed by atoms with E-state index in [9.17, 15) is 57.1 Å². The molecule has 170 valence electrons. The molecule has 0 aliphatic rings. The molecule has 0 bridgehead atoms. The van der Waals surface area contributed by atoms with E-state index in [1.54, 1.807) is 6.92 Å².